The second-order valence-electron chi connectivity index (χ2n) is 6.03. The molecule has 0 bridgehead atoms. The summed E-state index contributed by atoms with van der Waals surface area (Å²) in [5.41, 5.74) is 1.17. The monoisotopic (exact) mass is 304 g/mol. The number of hydrogen-bond acceptors (Lipinski definition) is 1. The molecule has 0 spiro atoms. The van der Waals surface area contributed by atoms with Crippen molar-refractivity contribution in [2.45, 2.75) is 33.1 Å². The standard InChI is InChI=1S/C18H25O2P/c1-3-7-15(2)14-21(19,20)13-12-17-10-6-9-16-8-4-5-11-18(16)17/h4-6,8-11,15H,3,7,12-14H2,1-2H3,(H,19,20). The van der Waals surface area contributed by atoms with Crippen molar-refractivity contribution in [1.29, 1.82) is 0 Å². The largest absolute Gasteiger partial charge is 0.344 e. The molecule has 0 radical (unpaired) electrons. The molecule has 3 heteroatoms. The maximum atomic E-state index is 12.4. The second kappa shape index (κ2) is 7.24. The van der Waals surface area contributed by atoms with E-state index in [1.807, 2.05) is 18.2 Å². The first-order valence-corrected chi connectivity index (χ1v) is 9.82. The molecule has 2 nitrogen and oxygen atoms in total. The van der Waals surface area contributed by atoms with E-state index >= 15 is 0 Å². The summed E-state index contributed by atoms with van der Waals surface area (Å²) in [6.07, 6.45) is 3.61. The molecule has 0 heterocycles. The van der Waals surface area contributed by atoms with Crippen LogP contribution in [0.4, 0.5) is 0 Å². The van der Waals surface area contributed by atoms with E-state index in [1.54, 1.807) is 0 Å². The topological polar surface area (TPSA) is 37.3 Å². The first kappa shape index (κ1) is 16.3. The minimum Gasteiger partial charge on any atom is -0.344 e. The van der Waals surface area contributed by atoms with Gasteiger partial charge in [0, 0.05) is 12.3 Å². The Bertz CT molecular complexity index is 631. The van der Waals surface area contributed by atoms with Crippen molar-refractivity contribution in [3.63, 3.8) is 0 Å². The van der Waals surface area contributed by atoms with Crippen molar-refractivity contribution in [2.24, 2.45) is 5.92 Å². The first-order chi connectivity index (χ1) is 10.0. The lowest BCUT2D eigenvalue weighted by atomic mass is 10.0. The van der Waals surface area contributed by atoms with Gasteiger partial charge in [0.05, 0.1) is 0 Å². The third-order valence-electron chi connectivity index (χ3n) is 3.99. The predicted molar refractivity (Wildman–Crippen MR) is 91.3 cm³/mol. The summed E-state index contributed by atoms with van der Waals surface area (Å²) in [7, 11) is -3.02. The Balaban J connectivity index is 2.06. The van der Waals surface area contributed by atoms with Crippen LogP contribution in [0.5, 0.6) is 0 Å². The number of benzene rings is 2. The quantitative estimate of drug-likeness (QED) is 0.723. The molecule has 2 unspecified atom stereocenters. The number of fused-ring (bicyclic) bond motifs is 1. The zero-order valence-corrected chi connectivity index (χ0v) is 13.9. The van der Waals surface area contributed by atoms with Crippen LogP contribution < -0.4 is 0 Å². The molecule has 114 valence electrons. The summed E-state index contributed by atoms with van der Waals surface area (Å²) in [6.45, 7) is 4.19. The predicted octanol–water partition coefficient (Wildman–Crippen LogP) is 5.09. The van der Waals surface area contributed by atoms with Crippen LogP contribution in [0.25, 0.3) is 10.8 Å². The first-order valence-electron chi connectivity index (χ1n) is 7.79. The van der Waals surface area contributed by atoms with Gasteiger partial charge < -0.3 is 4.89 Å². The van der Waals surface area contributed by atoms with Crippen molar-refractivity contribution in [3.8, 4) is 0 Å². The van der Waals surface area contributed by atoms with Crippen molar-refractivity contribution in [1.82, 2.24) is 0 Å². The molecule has 0 fully saturated rings. The maximum absolute atomic E-state index is 12.4. The highest BCUT2D eigenvalue weighted by molar-refractivity contribution is 7.58. The van der Waals surface area contributed by atoms with Crippen LogP contribution >= 0.6 is 7.37 Å². The van der Waals surface area contributed by atoms with Gasteiger partial charge in [-0.15, -0.1) is 0 Å². The molecular formula is C18H25O2P. The van der Waals surface area contributed by atoms with Crippen LogP contribution in [0.3, 0.4) is 0 Å². The van der Waals surface area contributed by atoms with E-state index in [0.29, 0.717) is 24.7 Å². The van der Waals surface area contributed by atoms with Gasteiger partial charge in [0.25, 0.3) is 0 Å². The van der Waals surface area contributed by atoms with Gasteiger partial charge in [-0.3, -0.25) is 4.57 Å². The van der Waals surface area contributed by atoms with Crippen molar-refractivity contribution in [3.05, 3.63) is 48.0 Å². The number of hydrogen-bond donors (Lipinski definition) is 1. The van der Waals surface area contributed by atoms with E-state index in [9.17, 15) is 9.46 Å². The van der Waals surface area contributed by atoms with Gasteiger partial charge in [0.2, 0.25) is 7.37 Å². The fourth-order valence-corrected chi connectivity index (χ4v) is 4.90. The average molecular weight is 304 g/mol. The molecule has 0 saturated carbocycles. The van der Waals surface area contributed by atoms with Gasteiger partial charge in [-0.1, -0.05) is 69.2 Å². The highest BCUT2D eigenvalue weighted by Crippen LogP contribution is 2.44. The molecule has 0 aromatic heterocycles. The molecule has 2 atom stereocenters. The molecule has 1 N–H and O–H groups in total. The Morgan fingerprint density at radius 2 is 1.86 bits per heavy atom. The second-order valence-corrected chi connectivity index (χ2v) is 8.54. The molecule has 0 aliphatic rings. The van der Waals surface area contributed by atoms with Gasteiger partial charge >= 0.3 is 0 Å². The summed E-state index contributed by atoms with van der Waals surface area (Å²) in [5, 5.41) is 2.39. The lowest BCUT2D eigenvalue weighted by molar-refractivity contribution is 0.457. The van der Waals surface area contributed by atoms with E-state index in [4.69, 9.17) is 0 Å². The van der Waals surface area contributed by atoms with Gasteiger partial charge in [-0.05, 0) is 28.7 Å². The average Bonchev–Trinajstić information content (AvgIpc) is 2.45. The Kier molecular flexibility index (Phi) is 5.61. The van der Waals surface area contributed by atoms with Crippen LogP contribution in [0.1, 0.15) is 32.3 Å². The van der Waals surface area contributed by atoms with Crippen LogP contribution in [-0.2, 0) is 11.0 Å². The number of rotatable bonds is 7. The fraction of sp³-hybridized carbons (Fsp3) is 0.444. The van der Waals surface area contributed by atoms with Crippen LogP contribution in [0, 0.1) is 5.92 Å². The smallest absolute Gasteiger partial charge is 0.201 e. The van der Waals surface area contributed by atoms with E-state index in [2.05, 4.69) is 38.1 Å². The molecule has 0 aliphatic heterocycles. The summed E-state index contributed by atoms with van der Waals surface area (Å²) >= 11 is 0. The minimum absolute atomic E-state index is 0.332. The van der Waals surface area contributed by atoms with Crippen molar-refractivity contribution in [2.75, 3.05) is 12.3 Å². The SMILES string of the molecule is CCCC(C)CP(=O)(O)CCc1cccc2ccccc12. The fourth-order valence-electron chi connectivity index (χ4n) is 2.97. The molecule has 2 aromatic rings. The van der Waals surface area contributed by atoms with E-state index < -0.39 is 7.37 Å². The minimum atomic E-state index is -3.02. The number of aryl methyl sites for hydroxylation is 1. The van der Waals surface area contributed by atoms with Gasteiger partial charge in [0.15, 0.2) is 0 Å². The molecule has 2 aromatic carbocycles. The Labute approximate surface area is 127 Å². The van der Waals surface area contributed by atoms with E-state index in [-0.39, 0.29) is 0 Å². The van der Waals surface area contributed by atoms with Gasteiger partial charge in [0.1, 0.15) is 0 Å². The highest BCUT2D eigenvalue weighted by Gasteiger charge is 2.21. The Morgan fingerprint density at radius 1 is 1.14 bits per heavy atom. The molecule has 0 amide bonds. The lowest BCUT2D eigenvalue weighted by Gasteiger charge is -2.17. The zero-order chi connectivity index (χ0) is 15.3. The van der Waals surface area contributed by atoms with Gasteiger partial charge in [-0.2, -0.15) is 0 Å². The van der Waals surface area contributed by atoms with Crippen molar-refractivity contribution < 1.29 is 9.46 Å². The molecule has 2 rings (SSSR count). The summed E-state index contributed by atoms with van der Waals surface area (Å²) in [5.74, 6) is 0.332. The van der Waals surface area contributed by atoms with E-state index in [0.717, 1.165) is 12.8 Å². The molecular weight excluding hydrogens is 279 g/mol. The Hall–Kier alpha value is -1.11. The van der Waals surface area contributed by atoms with Crippen LogP contribution in [0.2, 0.25) is 0 Å². The normalized spacial score (nSPS) is 15.8. The van der Waals surface area contributed by atoms with Crippen LogP contribution in [0.15, 0.2) is 42.5 Å². The maximum Gasteiger partial charge on any atom is 0.201 e. The molecule has 0 saturated heterocycles. The third-order valence-corrected chi connectivity index (χ3v) is 6.11. The molecule has 0 aliphatic carbocycles. The zero-order valence-electron chi connectivity index (χ0n) is 13.0. The third kappa shape index (κ3) is 4.69. The lowest BCUT2D eigenvalue weighted by Crippen LogP contribution is -2.06. The van der Waals surface area contributed by atoms with Crippen molar-refractivity contribution >= 4 is 18.1 Å². The summed E-state index contributed by atoms with van der Waals surface area (Å²) in [4.78, 5) is 10.2. The Morgan fingerprint density at radius 3 is 2.62 bits per heavy atom. The van der Waals surface area contributed by atoms with E-state index in [1.165, 1.54) is 16.3 Å². The van der Waals surface area contributed by atoms with Crippen LogP contribution in [-0.4, -0.2) is 17.2 Å². The summed E-state index contributed by atoms with van der Waals surface area (Å²) < 4.78 is 12.4. The highest BCUT2D eigenvalue weighted by atomic mass is 31.2. The molecule has 21 heavy (non-hydrogen) atoms. The summed E-state index contributed by atoms with van der Waals surface area (Å²) in [6, 6.07) is 14.4. The van der Waals surface area contributed by atoms with Gasteiger partial charge in [-0.25, -0.2) is 0 Å².